The minimum atomic E-state index is 0.143. The molecule has 1 N–H and O–H groups in total. The number of allylic oxidation sites excluding steroid dienone is 1. The quantitative estimate of drug-likeness (QED) is 0.688. The summed E-state index contributed by atoms with van der Waals surface area (Å²) in [5.74, 6) is 3.66. The van der Waals surface area contributed by atoms with Gasteiger partial charge in [-0.3, -0.25) is 4.79 Å². The lowest BCUT2D eigenvalue weighted by atomic mass is 9.48. The minimum absolute atomic E-state index is 0.143. The topological polar surface area (TPSA) is 46.9 Å². The molecule has 0 saturated heterocycles. The monoisotopic (exact) mass is 429 g/mol. The van der Waals surface area contributed by atoms with Crippen LogP contribution in [0.15, 0.2) is 48.8 Å². The van der Waals surface area contributed by atoms with Crippen molar-refractivity contribution in [3.05, 3.63) is 60.2 Å². The molecule has 3 aliphatic carbocycles. The first-order valence-corrected chi connectivity index (χ1v) is 12.5. The Bertz CT molecular complexity index is 1040. The van der Waals surface area contributed by atoms with Gasteiger partial charge in [-0.2, -0.15) is 0 Å². The Morgan fingerprint density at radius 3 is 2.78 bits per heavy atom. The minimum Gasteiger partial charge on any atom is -0.352 e. The lowest BCUT2D eigenvalue weighted by Crippen LogP contribution is -2.53. The molecule has 0 bridgehead atoms. The molecule has 2 heterocycles. The number of rotatable bonds is 3. The third-order valence-corrected chi connectivity index (χ3v) is 9.98. The second kappa shape index (κ2) is 7.33. The Morgan fingerprint density at radius 1 is 1.09 bits per heavy atom. The van der Waals surface area contributed by atoms with Crippen LogP contribution in [0.5, 0.6) is 0 Å². The van der Waals surface area contributed by atoms with Gasteiger partial charge in [0.1, 0.15) is 5.82 Å². The fourth-order valence-corrected chi connectivity index (χ4v) is 8.35. The zero-order valence-electron chi connectivity index (χ0n) is 19.3. The van der Waals surface area contributed by atoms with Crippen molar-refractivity contribution in [2.24, 2.45) is 34.5 Å². The summed E-state index contributed by atoms with van der Waals surface area (Å²) in [5.41, 5.74) is 1.52. The summed E-state index contributed by atoms with van der Waals surface area (Å²) >= 11 is 0. The highest BCUT2D eigenvalue weighted by atomic mass is 16.1. The maximum atomic E-state index is 13.3. The number of benzene rings is 1. The van der Waals surface area contributed by atoms with Gasteiger partial charge in [0.2, 0.25) is 5.91 Å². The number of nitrogens with one attached hydrogen (secondary N) is 1. The van der Waals surface area contributed by atoms with E-state index >= 15 is 0 Å². The highest BCUT2D eigenvalue weighted by molar-refractivity contribution is 5.80. The van der Waals surface area contributed by atoms with Gasteiger partial charge in [-0.05, 0) is 73.3 Å². The smallest absolute Gasteiger partial charge is 0.223 e. The van der Waals surface area contributed by atoms with Crippen LogP contribution >= 0.6 is 0 Å². The molecule has 3 fully saturated rings. The van der Waals surface area contributed by atoms with E-state index < -0.39 is 0 Å². The summed E-state index contributed by atoms with van der Waals surface area (Å²) in [6.45, 7) is 5.57. The molecule has 0 spiro atoms. The molecule has 4 aliphatic rings. The van der Waals surface area contributed by atoms with Crippen molar-refractivity contribution in [1.29, 1.82) is 0 Å². The molecule has 1 aliphatic heterocycles. The number of carbonyl (C=O) groups excluding carboxylic acids is 1. The van der Waals surface area contributed by atoms with Crippen LogP contribution in [0.2, 0.25) is 0 Å². The number of imidazole rings is 1. The molecule has 1 unspecified atom stereocenters. The van der Waals surface area contributed by atoms with Gasteiger partial charge in [0.05, 0.1) is 0 Å². The second-order valence-corrected chi connectivity index (χ2v) is 11.2. The van der Waals surface area contributed by atoms with Gasteiger partial charge in [-0.25, -0.2) is 4.98 Å². The van der Waals surface area contributed by atoms with Crippen LogP contribution in [-0.4, -0.2) is 15.5 Å². The van der Waals surface area contributed by atoms with Crippen LogP contribution in [0.4, 0.5) is 0 Å². The van der Waals surface area contributed by atoms with E-state index in [2.05, 4.69) is 59.2 Å². The SMILES string of the molecule is C[C@]12CC[C@H]3[C@@H](CCC4n5ccnc5C=C[C@@]43C)[C@@H]1CC[C@@H]2C(=O)NCc1ccccc1. The van der Waals surface area contributed by atoms with E-state index in [4.69, 9.17) is 0 Å². The van der Waals surface area contributed by atoms with Gasteiger partial charge in [-0.15, -0.1) is 0 Å². The zero-order chi connectivity index (χ0) is 21.9. The standard InChI is InChI=1S/C28H35N3O/c1-27-14-12-22-20(8-11-24-28(22,2)15-13-25-29-16-17-31(24)25)21(27)9-10-23(27)26(32)30-18-19-6-4-3-5-7-19/h3-7,13,15-17,20-24H,8-12,14,18H2,1-2H3,(H,30,32)/t20-,21-,22-,23+,24?,27-,28+/m0/s1. The van der Waals surface area contributed by atoms with Gasteiger partial charge in [0.25, 0.3) is 0 Å². The lowest BCUT2D eigenvalue weighted by Gasteiger charge is -2.59. The van der Waals surface area contributed by atoms with Crippen LogP contribution in [0, 0.1) is 34.5 Å². The van der Waals surface area contributed by atoms with Crippen LogP contribution in [-0.2, 0) is 11.3 Å². The van der Waals surface area contributed by atoms with Gasteiger partial charge in [0.15, 0.2) is 0 Å². The normalized spacial score (nSPS) is 39.5. The second-order valence-electron chi connectivity index (χ2n) is 11.2. The van der Waals surface area contributed by atoms with Crippen LogP contribution in [0.25, 0.3) is 6.08 Å². The zero-order valence-corrected chi connectivity index (χ0v) is 19.3. The first-order valence-electron chi connectivity index (χ1n) is 12.5. The number of aromatic nitrogens is 2. The number of hydrogen-bond donors (Lipinski definition) is 1. The van der Waals surface area contributed by atoms with Gasteiger partial charge < -0.3 is 9.88 Å². The van der Waals surface area contributed by atoms with Crippen molar-refractivity contribution < 1.29 is 4.79 Å². The molecule has 1 aromatic heterocycles. The van der Waals surface area contributed by atoms with Gasteiger partial charge >= 0.3 is 0 Å². The summed E-state index contributed by atoms with van der Waals surface area (Å²) in [5, 5.41) is 3.27. The van der Waals surface area contributed by atoms with Crippen molar-refractivity contribution in [3.8, 4) is 0 Å². The van der Waals surface area contributed by atoms with E-state index in [-0.39, 0.29) is 22.7 Å². The Balaban J connectivity index is 1.21. The number of nitrogens with zero attached hydrogens (tertiary/aromatic N) is 2. The summed E-state index contributed by atoms with van der Waals surface area (Å²) in [4.78, 5) is 17.9. The number of amides is 1. The van der Waals surface area contributed by atoms with Gasteiger partial charge in [0, 0.05) is 36.3 Å². The van der Waals surface area contributed by atoms with Crippen LogP contribution in [0.1, 0.15) is 69.8 Å². The van der Waals surface area contributed by atoms with E-state index in [1.807, 2.05) is 24.4 Å². The maximum absolute atomic E-state index is 13.3. The van der Waals surface area contributed by atoms with Crippen molar-refractivity contribution in [3.63, 3.8) is 0 Å². The third kappa shape index (κ3) is 2.87. The summed E-state index contributed by atoms with van der Waals surface area (Å²) in [7, 11) is 0. The Kier molecular flexibility index (Phi) is 4.64. The van der Waals surface area contributed by atoms with Crippen molar-refractivity contribution in [2.75, 3.05) is 0 Å². The summed E-state index contributed by atoms with van der Waals surface area (Å²) in [6, 6.07) is 10.8. The molecule has 2 aromatic rings. The molecule has 168 valence electrons. The van der Waals surface area contributed by atoms with E-state index in [0.29, 0.717) is 24.4 Å². The number of carbonyl (C=O) groups is 1. The number of hydrogen-bond acceptors (Lipinski definition) is 2. The highest BCUT2D eigenvalue weighted by Crippen LogP contribution is 2.67. The van der Waals surface area contributed by atoms with Crippen molar-refractivity contribution in [2.45, 2.75) is 65.0 Å². The van der Waals surface area contributed by atoms with E-state index in [0.717, 1.165) is 18.2 Å². The predicted molar refractivity (Wildman–Crippen MR) is 126 cm³/mol. The molecule has 4 nitrogen and oxygen atoms in total. The molecule has 7 atom stereocenters. The van der Waals surface area contributed by atoms with Crippen molar-refractivity contribution in [1.82, 2.24) is 14.9 Å². The maximum Gasteiger partial charge on any atom is 0.223 e. The van der Waals surface area contributed by atoms with E-state index in [1.54, 1.807) is 0 Å². The van der Waals surface area contributed by atoms with Crippen molar-refractivity contribution >= 4 is 12.0 Å². The summed E-state index contributed by atoms with van der Waals surface area (Å²) < 4.78 is 2.43. The fraction of sp³-hybridized carbons (Fsp3) is 0.571. The van der Waals surface area contributed by atoms with Crippen LogP contribution in [0.3, 0.4) is 0 Å². The molecular formula is C28H35N3O. The molecule has 1 amide bonds. The first-order chi connectivity index (χ1) is 15.5. The van der Waals surface area contributed by atoms with Crippen LogP contribution < -0.4 is 5.32 Å². The Morgan fingerprint density at radius 2 is 1.94 bits per heavy atom. The average Bonchev–Trinajstić information content (AvgIpc) is 3.42. The molecule has 6 rings (SSSR count). The Labute approximate surface area is 191 Å². The lowest BCUT2D eigenvalue weighted by molar-refractivity contribution is -0.133. The molecule has 32 heavy (non-hydrogen) atoms. The third-order valence-electron chi connectivity index (χ3n) is 9.98. The highest BCUT2D eigenvalue weighted by Gasteiger charge is 2.60. The summed E-state index contributed by atoms with van der Waals surface area (Å²) in [6.07, 6.45) is 16.0. The molecule has 3 saturated carbocycles. The Hall–Kier alpha value is -2.36. The largest absolute Gasteiger partial charge is 0.352 e. The molecular weight excluding hydrogens is 394 g/mol. The van der Waals surface area contributed by atoms with Gasteiger partial charge in [-0.1, -0.05) is 50.3 Å². The molecule has 1 aromatic carbocycles. The molecule has 4 heteroatoms. The number of fused-ring (bicyclic) bond motifs is 7. The van der Waals surface area contributed by atoms with E-state index in [9.17, 15) is 4.79 Å². The predicted octanol–water partition coefficient (Wildman–Crippen LogP) is 5.63. The first kappa shape index (κ1) is 20.3. The molecule has 0 radical (unpaired) electrons. The van der Waals surface area contributed by atoms with E-state index in [1.165, 1.54) is 37.7 Å². The fourth-order valence-electron chi connectivity index (χ4n) is 8.35. The average molecular weight is 430 g/mol.